The molecule has 2 aromatic rings. The van der Waals surface area contributed by atoms with Crippen LogP contribution < -0.4 is 22.0 Å². The van der Waals surface area contributed by atoms with E-state index in [1.165, 1.54) is 19.0 Å². The fourth-order valence-corrected chi connectivity index (χ4v) is 2.90. The number of anilines is 1. The van der Waals surface area contributed by atoms with Gasteiger partial charge < -0.3 is 20.9 Å². The summed E-state index contributed by atoms with van der Waals surface area (Å²) >= 11 is 0. The topological polar surface area (TPSA) is 118 Å². The fraction of sp³-hybridized carbons (Fsp3) is 0.286. The number of rotatable bonds is 11. The molecule has 2 aromatic carbocycles. The molecule has 5 N–H and O–H groups in total. The molecule has 0 saturated carbocycles. The standard InChI is InChI=1S/C21H28N6O2/c1-29-21(28)6-3-12-27(20-5-2-4-18(14-20)15-25-22)13-11-17-7-9-19(10-8-17)24-16-26-23/h2,4-5,7-10,14-16H,3,6,11-13,22-23H2,1H3,(H,24,26). The minimum atomic E-state index is -0.197. The van der Waals surface area contributed by atoms with Crippen molar-refractivity contribution >= 4 is 29.9 Å². The van der Waals surface area contributed by atoms with Crippen molar-refractivity contribution in [1.29, 1.82) is 0 Å². The molecule has 0 atom stereocenters. The number of ether oxygens (including phenoxy) is 1. The lowest BCUT2D eigenvalue weighted by atomic mass is 10.1. The number of hydrazone groups is 1. The van der Waals surface area contributed by atoms with Crippen molar-refractivity contribution in [3.8, 4) is 0 Å². The van der Waals surface area contributed by atoms with Crippen molar-refractivity contribution in [1.82, 2.24) is 5.43 Å². The fourth-order valence-electron chi connectivity index (χ4n) is 2.90. The maximum Gasteiger partial charge on any atom is 0.305 e. The zero-order chi connectivity index (χ0) is 20.9. The van der Waals surface area contributed by atoms with Crippen LogP contribution in [0.15, 0.2) is 58.6 Å². The number of nitrogens with zero attached hydrogens (tertiary/aromatic N) is 3. The van der Waals surface area contributed by atoms with Crippen LogP contribution in [0.2, 0.25) is 0 Å². The van der Waals surface area contributed by atoms with Gasteiger partial charge in [-0.15, -0.1) is 0 Å². The number of nitrogens with one attached hydrogen (secondary N) is 1. The van der Waals surface area contributed by atoms with E-state index in [4.69, 9.17) is 16.4 Å². The van der Waals surface area contributed by atoms with Crippen molar-refractivity contribution < 1.29 is 9.53 Å². The van der Waals surface area contributed by atoms with Crippen molar-refractivity contribution in [2.75, 3.05) is 25.1 Å². The molecule has 0 spiro atoms. The van der Waals surface area contributed by atoms with E-state index in [2.05, 4.69) is 20.4 Å². The Hall–Kier alpha value is -3.39. The molecule has 0 bridgehead atoms. The Bertz CT molecular complexity index is 820. The maximum atomic E-state index is 11.5. The van der Waals surface area contributed by atoms with Gasteiger partial charge in [0.2, 0.25) is 0 Å². The summed E-state index contributed by atoms with van der Waals surface area (Å²) in [6, 6.07) is 16.0. The summed E-state index contributed by atoms with van der Waals surface area (Å²) in [5.41, 5.74) is 6.40. The third-order valence-electron chi connectivity index (χ3n) is 4.39. The monoisotopic (exact) mass is 396 g/mol. The lowest BCUT2D eigenvalue weighted by molar-refractivity contribution is -0.140. The molecule has 0 unspecified atom stereocenters. The summed E-state index contributed by atoms with van der Waals surface area (Å²) in [7, 11) is 1.41. The first-order chi connectivity index (χ1) is 14.2. The van der Waals surface area contributed by atoms with E-state index >= 15 is 0 Å². The van der Waals surface area contributed by atoms with Crippen LogP contribution in [-0.2, 0) is 16.0 Å². The lowest BCUT2D eigenvalue weighted by Gasteiger charge is -2.25. The highest BCUT2D eigenvalue weighted by Gasteiger charge is 2.09. The summed E-state index contributed by atoms with van der Waals surface area (Å²) < 4.78 is 4.74. The van der Waals surface area contributed by atoms with Gasteiger partial charge >= 0.3 is 5.97 Å². The molecular formula is C21H28N6O2. The van der Waals surface area contributed by atoms with E-state index in [9.17, 15) is 4.79 Å². The quantitative estimate of drug-likeness (QED) is 0.176. The maximum absolute atomic E-state index is 11.5. The summed E-state index contributed by atoms with van der Waals surface area (Å²) in [5.74, 6) is 10.3. The molecule has 8 nitrogen and oxygen atoms in total. The molecule has 0 aliphatic rings. The molecule has 29 heavy (non-hydrogen) atoms. The van der Waals surface area contributed by atoms with Gasteiger partial charge in [-0.2, -0.15) is 5.10 Å². The van der Waals surface area contributed by atoms with Gasteiger partial charge in [-0.1, -0.05) is 24.3 Å². The number of hydrogen-bond acceptors (Lipinski definition) is 7. The SMILES string of the molecule is COC(=O)CCCN(CCc1ccc(N=CNN)cc1)c1cccc(C=NN)c1. The van der Waals surface area contributed by atoms with Crippen LogP contribution in [0.3, 0.4) is 0 Å². The third-order valence-corrected chi connectivity index (χ3v) is 4.39. The van der Waals surface area contributed by atoms with E-state index in [0.717, 1.165) is 36.4 Å². The minimum absolute atomic E-state index is 0.197. The smallest absolute Gasteiger partial charge is 0.305 e. The Kier molecular flexibility index (Phi) is 9.17. The second kappa shape index (κ2) is 12.1. The Morgan fingerprint density at radius 2 is 2.00 bits per heavy atom. The third kappa shape index (κ3) is 7.63. The number of carbonyl (C=O) groups is 1. The van der Waals surface area contributed by atoms with Crippen LogP contribution in [-0.4, -0.2) is 38.7 Å². The molecule has 0 radical (unpaired) electrons. The number of methoxy groups -OCH3 is 1. The first kappa shape index (κ1) is 21.9. The Morgan fingerprint density at radius 1 is 1.21 bits per heavy atom. The Balaban J connectivity index is 2.07. The number of hydrazine groups is 1. The van der Waals surface area contributed by atoms with Gasteiger partial charge in [0.25, 0.3) is 0 Å². The van der Waals surface area contributed by atoms with E-state index < -0.39 is 0 Å². The molecule has 2 rings (SSSR count). The molecule has 0 saturated heterocycles. The molecule has 0 heterocycles. The van der Waals surface area contributed by atoms with Crippen LogP contribution in [0.1, 0.15) is 24.0 Å². The first-order valence-electron chi connectivity index (χ1n) is 9.39. The van der Waals surface area contributed by atoms with E-state index in [1.807, 2.05) is 48.5 Å². The largest absolute Gasteiger partial charge is 0.469 e. The van der Waals surface area contributed by atoms with Crippen LogP contribution in [0.25, 0.3) is 0 Å². The number of carbonyl (C=O) groups excluding carboxylic acids is 1. The molecule has 0 fully saturated rings. The molecule has 0 aliphatic heterocycles. The number of esters is 1. The molecular weight excluding hydrogens is 368 g/mol. The summed E-state index contributed by atoms with van der Waals surface area (Å²) in [4.78, 5) is 17.9. The number of aliphatic imine (C=N–C) groups is 1. The Labute approximate surface area is 171 Å². The normalized spacial score (nSPS) is 11.1. The second-order valence-electron chi connectivity index (χ2n) is 6.38. The van der Waals surface area contributed by atoms with Gasteiger partial charge in [0.05, 0.1) is 19.0 Å². The van der Waals surface area contributed by atoms with Crippen LogP contribution in [0, 0.1) is 0 Å². The van der Waals surface area contributed by atoms with Gasteiger partial charge in [0, 0.05) is 25.2 Å². The second-order valence-corrected chi connectivity index (χ2v) is 6.38. The number of nitrogens with two attached hydrogens (primary N) is 2. The molecule has 0 amide bonds. The molecule has 8 heteroatoms. The molecule has 0 aliphatic carbocycles. The predicted molar refractivity (Wildman–Crippen MR) is 117 cm³/mol. The van der Waals surface area contributed by atoms with Crippen LogP contribution in [0.5, 0.6) is 0 Å². The number of hydrogen-bond donors (Lipinski definition) is 3. The van der Waals surface area contributed by atoms with Gasteiger partial charge in [0.1, 0.15) is 6.34 Å². The zero-order valence-corrected chi connectivity index (χ0v) is 16.6. The van der Waals surface area contributed by atoms with Gasteiger partial charge in [0.15, 0.2) is 0 Å². The molecule has 154 valence electrons. The average Bonchev–Trinajstić information content (AvgIpc) is 2.75. The van der Waals surface area contributed by atoms with Crippen molar-refractivity contribution in [2.45, 2.75) is 19.3 Å². The molecule has 0 aromatic heterocycles. The van der Waals surface area contributed by atoms with Crippen LogP contribution >= 0.6 is 0 Å². The number of benzene rings is 2. The first-order valence-corrected chi connectivity index (χ1v) is 9.39. The predicted octanol–water partition coefficient (Wildman–Crippen LogP) is 2.10. The van der Waals surface area contributed by atoms with Gasteiger partial charge in [-0.25, -0.2) is 10.8 Å². The highest BCUT2D eigenvalue weighted by atomic mass is 16.5. The zero-order valence-electron chi connectivity index (χ0n) is 16.6. The van der Waals surface area contributed by atoms with Crippen molar-refractivity contribution in [3.63, 3.8) is 0 Å². The van der Waals surface area contributed by atoms with Gasteiger partial charge in [-0.3, -0.25) is 4.79 Å². The van der Waals surface area contributed by atoms with Crippen LogP contribution in [0.4, 0.5) is 11.4 Å². The highest BCUT2D eigenvalue weighted by molar-refractivity contribution is 5.81. The average molecular weight is 396 g/mol. The lowest BCUT2D eigenvalue weighted by Crippen LogP contribution is -2.27. The van der Waals surface area contributed by atoms with Gasteiger partial charge in [-0.05, 0) is 48.2 Å². The highest BCUT2D eigenvalue weighted by Crippen LogP contribution is 2.18. The van der Waals surface area contributed by atoms with Crippen molar-refractivity contribution in [3.05, 3.63) is 59.7 Å². The van der Waals surface area contributed by atoms with E-state index in [0.29, 0.717) is 12.8 Å². The summed E-state index contributed by atoms with van der Waals surface area (Å²) in [5, 5.41) is 3.60. The van der Waals surface area contributed by atoms with Crippen molar-refractivity contribution in [2.24, 2.45) is 21.8 Å². The van der Waals surface area contributed by atoms with E-state index in [-0.39, 0.29) is 5.97 Å². The minimum Gasteiger partial charge on any atom is -0.469 e. The summed E-state index contributed by atoms with van der Waals surface area (Å²) in [6.07, 6.45) is 5.01. The Morgan fingerprint density at radius 3 is 2.69 bits per heavy atom. The van der Waals surface area contributed by atoms with E-state index in [1.54, 1.807) is 6.21 Å². The summed E-state index contributed by atoms with van der Waals surface area (Å²) in [6.45, 7) is 1.54.